The summed E-state index contributed by atoms with van der Waals surface area (Å²) < 4.78 is 86.2. The SMILES string of the molecule is FC(F)(F)c1cccc(C2CCCN(CC(Cc3nc4ccc(Cl)cc4o3)C(F)(F)F)C2)c1. The third-order valence-corrected chi connectivity index (χ3v) is 6.18. The molecule has 3 nitrogen and oxygen atoms in total. The van der Waals surface area contributed by atoms with Gasteiger partial charge >= 0.3 is 12.4 Å². The Balaban J connectivity index is 1.48. The number of benzene rings is 2. The minimum absolute atomic E-state index is 0.0268. The number of nitrogens with zero attached hydrogens (tertiary/aromatic N) is 2. The number of rotatable bonds is 5. The smallest absolute Gasteiger partial charge is 0.416 e. The summed E-state index contributed by atoms with van der Waals surface area (Å²) in [5.74, 6) is -2.01. The number of piperidine rings is 1. The van der Waals surface area contributed by atoms with Crippen molar-refractivity contribution in [2.75, 3.05) is 19.6 Å². The Kier molecular flexibility index (Phi) is 6.64. The average Bonchev–Trinajstić information content (AvgIpc) is 3.14. The van der Waals surface area contributed by atoms with Gasteiger partial charge in [0.05, 0.1) is 11.5 Å². The molecule has 0 radical (unpaired) electrons. The van der Waals surface area contributed by atoms with Crippen molar-refractivity contribution in [3.05, 3.63) is 64.5 Å². The number of aromatic nitrogens is 1. The molecular formula is C23H21ClF6N2O. The first-order valence-corrected chi connectivity index (χ1v) is 10.9. The fraction of sp³-hybridized carbons (Fsp3) is 0.435. The molecule has 1 aliphatic rings. The molecule has 0 spiro atoms. The molecular weight excluding hydrogens is 470 g/mol. The molecule has 10 heteroatoms. The summed E-state index contributed by atoms with van der Waals surface area (Å²) in [5.41, 5.74) is 0.495. The molecule has 1 aromatic heterocycles. The van der Waals surface area contributed by atoms with Crippen LogP contribution in [-0.2, 0) is 12.6 Å². The largest absolute Gasteiger partial charge is 0.441 e. The molecule has 3 aromatic rings. The van der Waals surface area contributed by atoms with E-state index in [1.807, 2.05) is 0 Å². The van der Waals surface area contributed by atoms with Crippen molar-refractivity contribution >= 4 is 22.7 Å². The molecule has 0 N–H and O–H groups in total. The molecule has 1 aliphatic heterocycles. The van der Waals surface area contributed by atoms with Gasteiger partial charge in [-0.3, -0.25) is 0 Å². The molecule has 4 rings (SSSR count). The lowest BCUT2D eigenvalue weighted by atomic mass is 9.89. The molecule has 2 aromatic carbocycles. The Hall–Kier alpha value is -2.26. The van der Waals surface area contributed by atoms with Crippen LogP contribution in [0.1, 0.15) is 35.8 Å². The molecule has 1 fully saturated rings. The Labute approximate surface area is 191 Å². The molecule has 0 bridgehead atoms. The van der Waals surface area contributed by atoms with Crippen molar-refractivity contribution in [1.29, 1.82) is 0 Å². The zero-order chi connectivity index (χ0) is 23.8. The van der Waals surface area contributed by atoms with Crippen LogP contribution in [0.3, 0.4) is 0 Å². The highest BCUT2D eigenvalue weighted by Gasteiger charge is 2.42. The van der Waals surface area contributed by atoms with Crippen LogP contribution in [-0.4, -0.2) is 35.7 Å². The molecule has 0 aliphatic carbocycles. The third kappa shape index (κ3) is 5.81. The van der Waals surface area contributed by atoms with Crippen molar-refractivity contribution < 1.29 is 30.8 Å². The third-order valence-electron chi connectivity index (χ3n) is 5.95. The lowest BCUT2D eigenvalue weighted by Crippen LogP contribution is -2.42. The van der Waals surface area contributed by atoms with Crippen LogP contribution in [0, 0.1) is 5.92 Å². The predicted octanol–water partition coefficient (Wildman–Crippen LogP) is 7.10. The molecule has 2 atom stereocenters. The van der Waals surface area contributed by atoms with Gasteiger partial charge in [0.25, 0.3) is 0 Å². The quantitative estimate of drug-likeness (QED) is 0.357. The fourth-order valence-electron chi connectivity index (χ4n) is 4.30. The van der Waals surface area contributed by atoms with Crippen molar-refractivity contribution in [1.82, 2.24) is 9.88 Å². The van der Waals surface area contributed by atoms with Gasteiger partial charge in [0.15, 0.2) is 11.5 Å². The first-order valence-electron chi connectivity index (χ1n) is 10.5. The molecule has 0 amide bonds. The van der Waals surface area contributed by atoms with Crippen LogP contribution in [0.25, 0.3) is 11.1 Å². The summed E-state index contributed by atoms with van der Waals surface area (Å²) in [6.45, 7) is 0.431. The van der Waals surface area contributed by atoms with E-state index in [4.69, 9.17) is 16.0 Å². The second kappa shape index (κ2) is 9.18. The van der Waals surface area contributed by atoms with Gasteiger partial charge < -0.3 is 9.32 Å². The fourth-order valence-corrected chi connectivity index (χ4v) is 4.46. The van der Waals surface area contributed by atoms with E-state index in [9.17, 15) is 26.3 Å². The van der Waals surface area contributed by atoms with Crippen LogP contribution < -0.4 is 0 Å². The predicted molar refractivity (Wildman–Crippen MR) is 112 cm³/mol. The van der Waals surface area contributed by atoms with E-state index < -0.39 is 30.3 Å². The highest BCUT2D eigenvalue weighted by atomic mass is 35.5. The normalized spacial score (nSPS) is 19.2. The average molecular weight is 491 g/mol. The summed E-state index contributed by atoms with van der Waals surface area (Å²) in [6.07, 6.45) is -8.15. The van der Waals surface area contributed by atoms with Gasteiger partial charge in [-0.05, 0) is 49.1 Å². The second-order valence-electron chi connectivity index (χ2n) is 8.38. The summed E-state index contributed by atoms with van der Waals surface area (Å²) in [4.78, 5) is 5.82. The van der Waals surface area contributed by atoms with Crippen LogP contribution in [0.5, 0.6) is 0 Å². The molecule has 0 saturated carbocycles. The highest BCUT2D eigenvalue weighted by molar-refractivity contribution is 6.31. The highest BCUT2D eigenvalue weighted by Crippen LogP contribution is 2.36. The number of hydrogen-bond donors (Lipinski definition) is 0. The maximum absolute atomic E-state index is 13.8. The summed E-state index contributed by atoms with van der Waals surface area (Å²) >= 11 is 5.90. The summed E-state index contributed by atoms with van der Waals surface area (Å²) in [6, 6.07) is 9.70. The van der Waals surface area contributed by atoms with E-state index in [0.29, 0.717) is 41.1 Å². The van der Waals surface area contributed by atoms with Gasteiger partial charge in [-0.2, -0.15) is 26.3 Å². The zero-order valence-electron chi connectivity index (χ0n) is 17.4. The number of likely N-dealkylation sites (tertiary alicyclic amines) is 1. The maximum atomic E-state index is 13.8. The number of hydrogen-bond acceptors (Lipinski definition) is 3. The lowest BCUT2D eigenvalue weighted by Gasteiger charge is -2.35. The van der Waals surface area contributed by atoms with Gasteiger partial charge in [-0.25, -0.2) is 4.98 Å². The van der Waals surface area contributed by atoms with E-state index in [-0.39, 0.29) is 24.9 Å². The van der Waals surface area contributed by atoms with Crippen LogP contribution in [0.4, 0.5) is 26.3 Å². The summed E-state index contributed by atoms with van der Waals surface area (Å²) in [7, 11) is 0. The van der Waals surface area contributed by atoms with Gasteiger partial charge in [0, 0.05) is 30.6 Å². The van der Waals surface area contributed by atoms with Crippen molar-refractivity contribution in [2.45, 2.75) is 37.5 Å². The Morgan fingerprint density at radius 1 is 1.09 bits per heavy atom. The maximum Gasteiger partial charge on any atom is 0.416 e. The molecule has 1 saturated heterocycles. The standard InChI is InChI=1S/C23H21ClF6N2O/c24-18-6-7-19-20(11-18)33-21(31-19)10-17(23(28,29)30)13-32-8-2-4-15(12-32)14-3-1-5-16(9-14)22(25,26)27/h1,3,5-7,9,11,15,17H,2,4,8,10,12-13H2. The Morgan fingerprint density at radius 3 is 2.61 bits per heavy atom. The van der Waals surface area contributed by atoms with Crippen molar-refractivity contribution in [2.24, 2.45) is 5.92 Å². The van der Waals surface area contributed by atoms with Crippen molar-refractivity contribution in [3.63, 3.8) is 0 Å². The van der Waals surface area contributed by atoms with E-state index in [2.05, 4.69) is 4.98 Å². The lowest BCUT2D eigenvalue weighted by molar-refractivity contribution is -0.180. The monoisotopic (exact) mass is 490 g/mol. The first-order chi connectivity index (χ1) is 15.5. The Morgan fingerprint density at radius 2 is 1.88 bits per heavy atom. The van der Waals surface area contributed by atoms with Gasteiger partial charge in [-0.15, -0.1) is 0 Å². The van der Waals surface area contributed by atoms with Crippen LogP contribution >= 0.6 is 11.6 Å². The van der Waals surface area contributed by atoms with Gasteiger partial charge in [-0.1, -0.05) is 29.8 Å². The van der Waals surface area contributed by atoms with E-state index in [1.165, 1.54) is 12.1 Å². The first kappa shape index (κ1) is 23.9. The van der Waals surface area contributed by atoms with Crippen molar-refractivity contribution in [3.8, 4) is 0 Å². The number of fused-ring (bicyclic) bond motifs is 1. The van der Waals surface area contributed by atoms with E-state index in [0.717, 1.165) is 12.1 Å². The second-order valence-corrected chi connectivity index (χ2v) is 8.82. The molecule has 2 heterocycles. The Bertz CT molecular complexity index is 1110. The summed E-state index contributed by atoms with van der Waals surface area (Å²) in [5, 5.41) is 0.395. The van der Waals surface area contributed by atoms with Crippen LogP contribution in [0.15, 0.2) is 46.9 Å². The van der Waals surface area contributed by atoms with E-state index in [1.54, 1.807) is 23.1 Å². The number of oxazole rings is 1. The topological polar surface area (TPSA) is 29.3 Å². The molecule has 178 valence electrons. The van der Waals surface area contributed by atoms with E-state index >= 15 is 0 Å². The van der Waals surface area contributed by atoms with Gasteiger partial charge in [0.2, 0.25) is 0 Å². The number of halogens is 7. The van der Waals surface area contributed by atoms with Crippen LogP contribution in [0.2, 0.25) is 5.02 Å². The minimum atomic E-state index is -4.48. The van der Waals surface area contributed by atoms with Gasteiger partial charge in [0.1, 0.15) is 5.52 Å². The minimum Gasteiger partial charge on any atom is -0.441 e. The number of alkyl halides is 6. The molecule has 2 unspecified atom stereocenters. The zero-order valence-corrected chi connectivity index (χ0v) is 18.1. The molecule has 33 heavy (non-hydrogen) atoms.